The number of benzene rings is 1. The minimum Gasteiger partial charge on any atom is -0.481 e. The summed E-state index contributed by atoms with van der Waals surface area (Å²) >= 11 is 4.21. The number of nitrogens with one attached hydrogen (secondary N) is 1. The summed E-state index contributed by atoms with van der Waals surface area (Å²) in [5, 5.41) is 11.0. The Morgan fingerprint density at radius 1 is 1.44 bits per heavy atom. The van der Waals surface area contributed by atoms with E-state index in [1.165, 1.54) is 23.9 Å². The van der Waals surface area contributed by atoms with Crippen LogP contribution in [0.3, 0.4) is 0 Å². The lowest BCUT2D eigenvalue weighted by atomic mass is 10.2. The molecule has 0 heterocycles. The van der Waals surface area contributed by atoms with Gasteiger partial charge in [0, 0.05) is 17.9 Å². The molecule has 0 fully saturated rings. The molecule has 0 bridgehead atoms. The molecule has 0 radical (unpaired) electrons. The predicted octanol–water partition coefficient (Wildman–Crippen LogP) is 2.14. The molecule has 0 aliphatic rings. The maximum Gasteiger partial charge on any atom is 0.313 e. The lowest BCUT2D eigenvalue weighted by molar-refractivity contribution is -0.133. The topological polar surface area (TPSA) is 66.4 Å². The molecule has 0 atom stereocenters. The minimum absolute atomic E-state index is 0.00276. The van der Waals surface area contributed by atoms with Crippen molar-refractivity contribution in [2.24, 2.45) is 0 Å². The maximum absolute atomic E-state index is 13.2. The van der Waals surface area contributed by atoms with Crippen LogP contribution in [0.1, 0.15) is 10.4 Å². The first-order chi connectivity index (χ1) is 8.50. The molecule has 7 heteroatoms. The van der Waals surface area contributed by atoms with Gasteiger partial charge in [0.1, 0.15) is 5.82 Å². The molecule has 4 nitrogen and oxygen atoms in total. The summed E-state index contributed by atoms with van der Waals surface area (Å²) in [6.07, 6.45) is 0. The Morgan fingerprint density at radius 3 is 2.78 bits per heavy atom. The van der Waals surface area contributed by atoms with E-state index in [-0.39, 0.29) is 17.2 Å². The van der Waals surface area contributed by atoms with Gasteiger partial charge in [-0.25, -0.2) is 4.39 Å². The number of hydrogen-bond acceptors (Lipinski definition) is 3. The lowest BCUT2D eigenvalue weighted by Gasteiger charge is -2.05. The van der Waals surface area contributed by atoms with Crippen LogP contribution in [0, 0.1) is 5.82 Å². The molecule has 0 aliphatic heterocycles. The average molecular weight is 336 g/mol. The second-order valence-corrected chi connectivity index (χ2v) is 5.29. The zero-order valence-electron chi connectivity index (χ0n) is 9.28. The number of amides is 1. The lowest BCUT2D eigenvalue weighted by Crippen LogP contribution is -2.26. The van der Waals surface area contributed by atoms with Crippen molar-refractivity contribution in [1.82, 2.24) is 5.32 Å². The highest BCUT2D eigenvalue weighted by atomic mass is 79.9. The number of thioether (sulfide) groups is 1. The fourth-order valence-electron chi connectivity index (χ4n) is 1.14. The van der Waals surface area contributed by atoms with Crippen LogP contribution in [0.15, 0.2) is 22.7 Å². The highest BCUT2D eigenvalue weighted by molar-refractivity contribution is 9.10. The molecule has 0 aromatic heterocycles. The van der Waals surface area contributed by atoms with Crippen LogP contribution < -0.4 is 5.32 Å². The van der Waals surface area contributed by atoms with E-state index < -0.39 is 11.8 Å². The quantitative estimate of drug-likeness (QED) is 0.781. The molecular formula is C11H11BrFNO3S. The maximum atomic E-state index is 13.2. The number of aliphatic carboxylic acids is 1. The third-order valence-corrected chi connectivity index (χ3v) is 3.53. The van der Waals surface area contributed by atoms with Crippen LogP contribution in [0.25, 0.3) is 0 Å². The van der Waals surface area contributed by atoms with Gasteiger partial charge in [-0.2, -0.15) is 0 Å². The molecule has 2 N–H and O–H groups in total. The second kappa shape index (κ2) is 7.38. The third-order valence-electron chi connectivity index (χ3n) is 1.94. The summed E-state index contributed by atoms with van der Waals surface area (Å²) in [4.78, 5) is 21.8. The molecular weight excluding hydrogens is 325 g/mol. The van der Waals surface area contributed by atoms with Gasteiger partial charge in [-0.05, 0) is 34.1 Å². The summed E-state index contributed by atoms with van der Waals surface area (Å²) < 4.78 is 13.5. The van der Waals surface area contributed by atoms with E-state index in [4.69, 9.17) is 5.11 Å². The Bertz CT molecular complexity index is 456. The zero-order valence-corrected chi connectivity index (χ0v) is 11.7. The normalized spacial score (nSPS) is 10.1. The van der Waals surface area contributed by atoms with E-state index in [0.29, 0.717) is 16.8 Å². The van der Waals surface area contributed by atoms with E-state index in [1.54, 1.807) is 0 Å². The van der Waals surface area contributed by atoms with Crippen LogP contribution in [0.2, 0.25) is 0 Å². The van der Waals surface area contributed by atoms with Crippen LogP contribution in [0.5, 0.6) is 0 Å². The van der Waals surface area contributed by atoms with Crippen molar-refractivity contribution in [3.63, 3.8) is 0 Å². The predicted molar refractivity (Wildman–Crippen MR) is 71.4 cm³/mol. The summed E-state index contributed by atoms with van der Waals surface area (Å²) in [5.74, 6) is -1.26. The van der Waals surface area contributed by atoms with E-state index in [0.717, 1.165) is 6.07 Å². The van der Waals surface area contributed by atoms with Crippen molar-refractivity contribution < 1.29 is 19.1 Å². The Hall–Kier alpha value is -1.08. The summed E-state index contributed by atoms with van der Waals surface area (Å²) in [6, 6.07) is 4.11. The molecule has 1 rings (SSSR count). The highest BCUT2D eigenvalue weighted by Gasteiger charge is 2.08. The standard InChI is InChI=1S/C11H11BrFNO3S/c12-8-2-1-7(5-9(8)13)11(17)14-3-4-18-6-10(15)16/h1-2,5H,3-4,6H2,(H,14,17)(H,15,16). The van der Waals surface area contributed by atoms with Gasteiger partial charge in [0.15, 0.2) is 0 Å². The van der Waals surface area contributed by atoms with Crippen LogP contribution in [-0.4, -0.2) is 35.0 Å². The summed E-state index contributed by atoms with van der Waals surface area (Å²) in [6.45, 7) is 0.342. The van der Waals surface area contributed by atoms with Gasteiger partial charge in [0.05, 0.1) is 10.2 Å². The molecule has 0 spiro atoms. The molecule has 0 saturated heterocycles. The molecule has 0 aliphatic carbocycles. The summed E-state index contributed by atoms with van der Waals surface area (Å²) in [5.41, 5.74) is 0.235. The van der Waals surface area contributed by atoms with Crippen LogP contribution >= 0.6 is 27.7 Å². The number of carboxylic acid groups (broad SMARTS) is 1. The first-order valence-electron chi connectivity index (χ1n) is 5.03. The molecule has 0 saturated carbocycles. The molecule has 1 amide bonds. The van der Waals surface area contributed by atoms with Crippen molar-refractivity contribution in [1.29, 1.82) is 0 Å². The van der Waals surface area contributed by atoms with Crippen molar-refractivity contribution in [3.05, 3.63) is 34.1 Å². The fraction of sp³-hybridized carbons (Fsp3) is 0.273. The van der Waals surface area contributed by atoms with Gasteiger partial charge in [-0.1, -0.05) is 0 Å². The molecule has 1 aromatic carbocycles. The Labute approximate surface area is 116 Å². The molecule has 0 unspecified atom stereocenters. The number of halogens is 2. The SMILES string of the molecule is O=C(O)CSCCNC(=O)c1ccc(Br)c(F)c1. The smallest absolute Gasteiger partial charge is 0.313 e. The minimum atomic E-state index is -0.888. The highest BCUT2D eigenvalue weighted by Crippen LogP contribution is 2.16. The van der Waals surface area contributed by atoms with Gasteiger partial charge >= 0.3 is 5.97 Å². The van der Waals surface area contributed by atoms with Gasteiger partial charge < -0.3 is 10.4 Å². The third kappa shape index (κ3) is 5.05. The monoisotopic (exact) mass is 335 g/mol. The number of rotatable bonds is 6. The largest absolute Gasteiger partial charge is 0.481 e. The number of carbonyl (C=O) groups is 2. The first kappa shape index (κ1) is 15.0. The Morgan fingerprint density at radius 2 is 2.17 bits per heavy atom. The zero-order chi connectivity index (χ0) is 13.5. The molecule has 18 heavy (non-hydrogen) atoms. The van der Waals surface area contributed by atoms with E-state index in [9.17, 15) is 14.0 Å². The van der Waals surface area contributed by atoms with Gasteiger partial charge in [-0.3, -0.25) is 9.59 Å². The van der Waals surface area contributed by atoms with Crippen molar-refractivity contribution >= 4 is 39.6 Å². The van der Waals surface area contributed by atoms with Crippen molar-refractivity contribution in [2.75, 3.05) is 18.1 Å². The average Bonchev–Trinajstić information content (AvgIpc) is 2.31. The van der Waals surface area contributed by atoms with Gasteiger partial charge in [0.25, 0.3) is 5.91 Å². The number of carboxylic acids is 1. The number of carbonyl (C=O) groups excluding carboxylic acids is 1. The first-order valence-corrected chi connectivity index (χ1v) is 6.98. The van der Waals surface area contributed by atoms with Crippen LogP contribution in [0.4, 0.5) is 4.39 Å². The van der Waals surface area contributed by atoms with Crippen LogP contribution in [-0.2, 0) is 4.79 Å². The van der Waals surface area contributed by atoms with E-state index >= 15 is 0 Å². The van der Waals surface area contributed by atoms with E-state index in [1.807, 2.05) is 0 Å². The number of hydrogen-bond donors (Lipinski definition) is 2. The fourth-order valence-corrected chi connectivity index (χ4v) is 1.95. The molecule has 98 valence electrons. The van der Waals surface area contributed by atoms with E-state index in [2.05, 4.69) is 21.2 Å². The summed E-state index contributed by atoms with van der Waals surface area (Å²) in [7, 11) is 0. The molecule has 1 aromatic rings. The second-order valence-electron chi connectivity index (χ2n) is 3.33. The van der Waals surface area contributed by atoms with Gasteiger partial charge in [-0.15, -0.1) is 11.8 Å². The Kier molecular flexibility index (Phi) is 6.14. The van der Waals surface area contributed by atoms with Gasteiger partial charge in [0.2, 0.25) is 0 Å². The van der Waals surface area contributed by atoms with Crippen molar-refractivity contribution in [3.8, 4) is 0 Å². The van der Waals surface area contributed by atoms with Crippen molar-refractivity contribution in [2.45, 2.75) is 0 Å². The Balaban J connectivity index is 2.36.